The maximum atomic E-state index is 12.7. The highest BCUT2D eigenvalue weighted by atomic mass is 16.7. The number of carbonyl (C=O) groups is 2. The van der Waals surface area contributed by atoms with Gasteiger partial charge in [0.2, 0.25) is 11.8 Å². The number of rotatable bonds is 13. The van der Waals surface area contributed by atoms with Crippen LogP contribution in [0.4, 0.5) is 11.4 Å². The first-order chi connectivity index (χ1) is 24.4. The van der Waals surface area contributed by atoms with Crippen molar-refractivity contribution in [2.75, 3.05) is 30.7 Å². The van der Waals surface area contributed by atoms with Gasteiger partial charge in [-0.1, -0.05) is 91.3 Å². The average Bonchev–Trinajstić information content (AvgIpc) is 3.15. The van der Waals surface area contributed by atoms with Gasteiger partial charge in [-0.05, 0) is 72.3 Å². The Morgan fingerprint density at radius 2 is 1.50 bits per heavy atom. The third kappa shape index (κ3) is 9.57. The van der Waals surface area contributed by atoms with Gasteiger partial charge in [0.25, 0.3) is 0 Å². The number of carbonyl (C=O) groups excluding carboxylic acids is 2. The summed E-state index contributed by atoms with van der Waals surface area (Å²) in [5.41, 5.74) is 13.0. The minimum Gasteiger partial charge on any atom is -0.397 e. The molecule has 4 aromatic carbocycles. The molecule has 0 aromatic heterocycles. The number of likely N-dealkylation sites (tertiary alicyclic amines) is 1. The summed E-state index contributed by atoms with van der Waals surface area (Å²) in [5.74, 6) is -0.272. The van der Waals surface area contributed by atoms with E-state index in [1.54, 1.807) is 12.1 Å². The Kier molecular flexibility index (Phi) is 12.3. The molecule has 0 spiro atoms. The standard InChI is InChI=1S/C41H48N4O5/c42-36-11-4-5-12-37(36)44-40(48)14-8-13-39(47)43-26-33-9-2-3-10-35(33)30-19-21-32(22-20-30)41-49-34(27-45-23-6-1-7-24-45)25-38(50-41)31-17-15-29(28-46)16-18-31/h2-5,9-12,15-22,34,38,41,46H,1,6-8,13-14,23-28,42H2,(H,43,47)(H,44,48). The summed E-state index contributed by atoms with van der Waals surface area (Å²) in [6, 6.07) is 31.5. The number of nitrogen functional groups attached to an aromatic ring is 1. The van der Waals surface area contributed by atoms with E-state index in [-0.39, 0.29) is 43.5 Å². The van der Waals surface area contributed by atoms with Crippen molar-refractivity contribution in [3.63, 3.8) is 0 Å². The molecule has 3 atom stereocenters. The second-order valence-corrected chi connectivity index (χ2v) is 13.3. The van der Waals surface area contributed by atoms with Gasteiger partial charge in [-0.15, -0.1) is 0 Å². The molecule has 2 aliphatic rings. The quantitative estimate of drug-likeness (QED) is 0.114. The molecule has 0 aliphatic carbocycles. The van der Waals surface area contributed by atoms with Crippen molar-refractivity contribution >= 4 is 23.2 Å². The van der Waals surface area contributed by atoms with Crippen molar-refractivity contribution in [1.29, 1.82) is 0 Å². The molecule has 5 N–H and O–H groups in total. The largest absolute Gasteiger partial charge is 0.397 e. The van der Waals surface area contributed by atoms with Crippen LogP contribution in [0.15, 0.2) is 97.1 Å². The molecule has 2 aliphatic heterocycles. The number of anilines is 2. The Bertz CT molecular complexity index is 1710. The lowest BCUT2D eigenvalue weighted by Crippen LogP contribution is -2.41. The van der Waals surface area contributed by atoms with Crippen LogP contribution in [0.3, 0.4) is 0 Å². The first kappa shape index (κ1) is 35.3. The van der Waals surface area contributed by atoms with Crippen molar-refractivity contribution in [2.45, 2.75) is 76.6 Å². The predicted molar refractivity (Wildman–Crippen MR) is 196 cm³/mol. The summed E-state index contributed by atoms with van der Waals surface area (Å²) >= 11 is 0. The predicted octanol–water partition coefficient (Wildman–Crippen LogP) is 6.88. The summed E-state index contributed by atoms with van der Waals surface area (Å²) in [5, 5.41) is 15.4. The van der Waals surface area contributed by atoms with Gasteiger partial charge in [0.1, 0.15) is 0 Å². The number of hydrogen-bond acceptors (Lipinski definition) is 7. The van der Waals surface area contributed by atoms with Crippen molar-refractivity contribution in [1.82, 2.24) is 10.2 Å². The zero-order chi connectivity index (χ0) is 34.7. The third-order valence-electron chi connectivity index (χ3n) is 9.56. The number of para-hydroxylation sites is 2. The van der Waals surface area contributed by atoms with E-state index in [0.717, 1.165) is 59.4 Å². The number of ether oxygens (including phenoxy) is 2. The van der Waals surface area contributed by atoms with Gasteiger partial charge in [-0.2, -0.15) is 0 Å². The zero-order valence-electron chi connectivity index (χ0n) is 28.6. The number of nitrogens with zero attached hydrogens (tertiary/aromatic N) is 1. The first-order valence-electron chi connectivity index (χ1n) is 17.8. The molecule has 9 heteroatoms. The molecule has 6 rings (SSSR count). The Morgan fingerprint density at radius 1 is 0.800 bits per heavy atom. The molecule has 50 heavy (non-hydrogen) atoms. The average molecular weight is 677 g/mol. The SMILES string of the molecule is Nc1ccccc1NC(=O)CCCC(=O)NCc1ccccc1-c1ccc(C2OC(CN3CCCCC3)CC(c3ccc(CO)cc3)O2)cc1. The topological polar surface area (TPSA) is 126 Å². The minimum absolute atomic E-state index is 0.0170. The molecular weight excluding hydrogens is 628 g/mol. The van der Waals surface area contributed by atoms with E-state index < -0.39 is 6.29 Å². The highest BCUT2D eigenvalue weighted by molar-refractivity contribution is 5.94. The first-order valence-corrected chi connectivity index (χ1v) is 17.8. The van der Waals surface area contributed by atoms with E-state index in [9.17, 15) is 14.7 Å². The van der Waals surface area contributed by atoms with Crippen molar-refractivity contribution < 1.29 is 24.2 Å². The Morgan fingerprint density at radius 3 is 2.26 bits per heavy atom. The number of aliphatic hydroxyl groups is 1. The van der Waals surface area contributed by atoms with Crippen molar-refractivity contribution in [3.8, 4) is 11.1 Å². The Balaban J connectivity index is 1.07. The molecule has 0 bridgehead atoms. The Hall–Kier alpha value is -4.54. The molecule has 2 fully saturated rings. The van der Waals surface area contributed by atoms with Crippen LogP contribution in [0.1, 0.15) is 79.6 Å². The molecule has 0 saturated carbocycles. The van der Waals surface area contributed by atoms with Gasteiger partial charge in [-0.25, -0.2) is 0 Å². The van der Waals surface area contributed by atoms with Gasteiger partial charge < -0.3 is 35.8 Å². The van der Waals surface area contributed by atoms with E-state index >= 15 is 0 Å². The van der Waals surface area contributed by atoms with Gasteiger partial charge >= 0.3 is 0 Å². The lowest BCUT2D eigenvalue weighted by atomic mass is 9.97. The maximum Gasteiger partial charge on any atom is 0.224 e. The van der Waals surface area contributed by atoms with Crippen molar-refractivity contribution in [3.05, 3.63) is 119 Å². The van der Waals surface area contributed by atoms with Crippen molar-refractivity contribution in [2.24, 2.45) is 0 Å². The molecule has 2 saturated heterocycles. The smallest absolute Gasteiger partial charge is 0.224 e. The summed E-state index contributed by atoms with van der Waals surface area (Å²) in [6.45, 7) is 3.50. The fourth-order valence-corrected chi connectivity index (χ4v) is 6.75. The van der Waals surface area contributed by atoms with Gasteiger partial charge in [0, 0.05) is 37.9 Å². The highest BCUT2D eigenvalue weighted by Crippen LogP contribution is 2.39. The van der Waals surface area contributed by atoms with Gasteiger partial charge in [-0.3, -0.25) is 9.59 Å². The van der Waals surface area contributed by atoms with Crippen LogP contribution < -0.4 is 16.4 Å². The number of hydrogen-bond donors (Lipinski definition) is 4. The van der Waals surface area contributed by atoms with Crippen LogP contribution in [-0.2, 0) is 32.2 Å². The monoisotopic (exact) mass is 676 g/mol. The molecule has 2 heterocycles. The van der Waals surface area contributed by atoms with E-state index in [4.69, 9.17) is 15.2 Å². The van der Waals surface area contributed by atoms with Crippen LogP contribution in [0.2, 0.25) is 0 Å². The fraction of sp³-hybridized carbons (Fsp3) is 0.366. The lowest BCUT2D eigenvalue weighted by molar-refractivity contribution is -0.253. The lowest BCUT2D eigenvalue weighted by Gasteiger charge is -2.39. The number of nitrogens with two attached hydrogens (primary N) is 1. The number of nitrogens with one attached hydrogen (secondary N) is 2. The summed E-state index contributed by atoms with van der Waals surface area (Å²) < 4.78 is 13.2. The van der Waals surface area contributed by atoms with E-state index in [2.05, 4.69) is 58.0 Å². The van der Waals surface area contributed by atoms with Crippen LogP contribution in [0, 0.1) is 0 Å². The van der Waals surface area contributed by atoms with Gasteiger partial charge in [0.05, 0.1) is 30.2 Å². The van der Waals surface area contributed by atoms with E-state index in [0.29, 0.717) is 24.3 Å². The third-order valence-corrected chi connectivity index (χ3v) is 9.56. The van der Waals surface area contributed by atoms with Crippen LogP contribution in [0.5, 0.6) is 0 Å². The fourth-order valence-electron chi connectivity index (χ4n) is 6.75. The number of aliphatic hydroxyl groups excluding tert-OH is 1. The van der Waals surface area contributed by atoms with E-state index in [1.165, 1.54) is 19.3 Å². The molecule has 4 aromatic rings. The minimum atomic E-state index is -0.503. The normalized spacial score (nSPS) is 19.5. The second kappa shape index (κ2) is 17.4. The molecular formula is C41H48N4O5. The molecule has 262 valence electrons. The maximum absolute atomic E-state index is 12.7. The molecule has 0 radical (unpaired) electrons. The number of piperidine rings is 1. The Labute approximate surface area is 294 Å². The molecule has 2 amide bonds. The number of benzene rings is 4. The zero-order valence-corrected chi connectivity index (χ0v) is 28.6. The molecule has 3 unspecified atom stereocenters. The number of amides is 2. The summed E-state index contributed by atoms with van der Waals surface area (Å²) in [4.78, 5) is 27.5. The summed E-state index contributed by atoms with van der Waals surface area (Å²) in [6.07, 6.45) is 4.87. The molecule has 9 nitrogen and oxygen atoms in total. The van der Waals surface area contributed by atoms with Crippen LogP contribution in [0.25, 0.3) is 11.1 Å². The van der Waals surface area contributed by atoms with E-state index in [1.807, 2.05) is 42.5 Å². The van der Waals surface area contributed by atoms with Crippen LogP contribution in [-0.4, -0.2) is 47.6 Å². The van der Waals surface area contributed by atoms with Crippen LogP contribution >= 0.6 is 0 Å². The van der Waals surface area contributed by atoms with Gasteiger partial charge in [0.15, 0.2) is 6.29 Å². The second-order valence-electron chi connectivity index (χ2n) is 13.3. The summed E-state index contributed by atoms with van der Waals surface area (Å²) in [7, 11) is 0. The highest BCUT2D eigenvalue weighted by Gasteiger charge is 2.33.